The first-order valence-corrected chi connectivity index (χ1v) is 23.2. The molecule has 22 heteroatoms. The lowest BCUT2D eigenvalue weighted by Crippen LogP contribution is -2.37. The highest BCUT2D eigenvalue weighted by Gasteiger charge is 2.30. The van der Waals surface area contributed by atoms with Gasteiger partial charge in [0.05, 0.1) is 32.5 Å². The van der Waals surface area contributed by atoms with Crippen molar-refractivity contribution in [3.05, 3.63) is 44.7 Å². The molecule has 7 N–H and O–H groups in total. The number of nitrogens with one attached hydrogen (secondary N) is 2. The van der Waals surface area contributed by atoms with Crippen LogP contribution in [0.1, 0.15) is 24.0 Å². The van der Waals surface area contributed by atoms with Gasteiger partial charge in [0, 0.05) is 34.3 Å². The quantitative estimate of drug-likeness (QED) is 0.0405. The van der Waals surface area contributed by atoms with E-state index in [4.69, 9.17) is 30.0 Å². The number of nitrogens with zero attached hydrogens (tertiary/aromatic N) is 1. The van der Waals surface area contributed by atoms with Gasteiger partial charge < -0.3 is 41.0 Å². The second-order valence-electron chi connectivity index (χ2n) is 12.1. The van der Waals surface area contributed by atoms with Crippen molar-refractivity contribution in [2.45, 2.75) is 31.8 Å². The topological polar surface area (TPSA) is 219 Å². The van der Waals surface area contributed by atoms with Crippen LogP contribution in [0.3, 0.4) is 0 Å². The maximum absolute atomic E-state index is 12.7. The minimum absolute atomic E-state index is 0.0920. The summed E-state index contributed by atoms with van der Waals surface area (Å²) in [5.74, 6) is -2.52. The first-order chi connectivity index (χ1) is 24.1. The number of phosphoric ester groups is 1. The molecule has 0 fully saturated rings. The molecule has 0 aliphatic carbocycles. The van der Waals surface area contributed by atoms with Gasteiger partial charge in [-0.1, -0.05) is 0 Å². The molecule has 15 nitrogen and oxygen atoms in total. The number of hydrogen-bond acceptors (Lipinski definition) is 11. The fourth-order valence-corrected chi connectivity index (χ4v) is 12.7. The van der Waals surface area contributed by atoms with Crippen LogP contribution in [0.2, 0.25) is 0 Å². The summed E-state index contributed by atoms with van der Waals surface area (Å²) < 4.78 is 39.2. The number of amides is 2. The van der Waals surface area contributed by atoms with E-state index in [-0.39, 0.29) is 19.4 Å². The van der Waals surface area contributed by atoms with Gasteiger partial charge in [-0.2, -0.15) is 0 Å². The third-order valence-corrected chi connectivity index (χ3v) is 14.1. The van der Waals surface area contributed by atoms with Crippen LogP contribution in [0.15, 0.2) is 12.1 Å². The molecular formula is C30H39I6N5O10P+. The van der Waals surface area contributed by atoms with E-state index < -0.39 is 64.0 Å². The summed E-state index contributed by atoms with van der Waals surface area (Å²) in [5, 5.41) is 4.97. The Balaban J connectivity index is 1.91. The Labute approximate surface area is 384 Å². The molecule has 0 aliphatic heterocycles. The van der Waals surface area contributed by atoms with Crippen molar-refractivity contribution >= 4 is 178 Å². The Morgan fingerprint density at radius 2 is 1.17 bits per heavy atom. The van der Waals surface area contributed by atoms with Crippen LogP contribution in [0.5, 0.6) is 0 Å². The number of likely N-dealkylation sites (N-methyl/N-ethyl adjacent to an activating group) is 1. The second kappa shape index (κ2) is 22.9. The van der Waals surface area contributed by atoms with Crippen LogP contribution in [0.4, 0.5) is 11.4 Å². The van der Waals surface area contributed by atoms with Gasteiger partial charge in [0.1, 0.15) is 45.6 Å². The van der Waals surface area contributed by atoms with Crippen LogP contribution in [-0.2, 0) is 55.1 Å². The van der Waals surface area contributed by atoms with E-state index in [1.54, 1.807) is 0 Å². The lowest BCUT2D eigenvalue weighted by atomic mass is 10.1. The zero-order valence-corrected chi connectivity index (χ0v) is 42.1. The van der Waals surface area contributed by atoms with Crippen molar-refractivity contribution in [3.8, 4) is 0 Å². The number of ether oxygens (including phenoxy) is 2. The first-order valence-electron chi connectivity index (χ1n) is 15.2. The molecule has 2 aromatic carbocycles. The minimum Gasteiger partial charge on any atom is -0.461 e. The molecule has 0 aromatic heterocycles. The predicted octanol–water partition coefficient (Wildman–Crippen LogP) is 4.57. The van der Waals surface area contributed by atoms with Crippen LogP contribution >= 0.6 is 143 Å². The summed E-state index contributed by atoms with van der Waals surface area (Å²) in [7, 11) is 0.921. The molecule has 2 rings (SSSR count). The van der Waals surface area contributed by atoms with Gasteiger partial charge in [0.25, 0.3) is 0 Å². The number of rotatable bonds is 20. The summed E-state index contributed by atoms with van der Waals surface area (Å²) >= 11 is 13.0. The van der Waals surface area contributed by atoms with Gasteiger partial charge in [-0.05, 0) is 172 Å². The molecule has 1 atom stereocenters. The Morgan fingerprint density at radius 1 is 0.769 bits per heavy atom. The summed E-state index contributed by atoms with van der Waals surface area (Å²) in [4.78, 5) is 60.2. The molecule has 0 bridgehead atoms. The molecule has 52 heavy (non-hydrogen) atoms. The Bertz CT molecular complexity index is 1580. The summed E-state index contributed by atoms with van der Waals surface area (Å²) in [6.45, 7) is -1.92. The third-order valence-electron chi connectivity index (χ3n) is 6.82. The van der Waals surface area contributed by atoms with E-state index in [9.17, 15) is 28.6 Å². The van der Waals surface area contributed by atoms with E-state index >= 15 is 0 Å². The molecule has 0 spiro atoms. The molecule has 0 saturated carbocycles. The molecular weight excluding hydrogens is 1380 g/mol. The number of esters is 2. The van der Waals surface area contributed by atoms with Gasteiger partial charge in [-0.15, -0.1) is 0 Å². The van der Waals surface area contributed by atoms with E-state index in [2.05, 4.69) is 146 Å². The highest BCUT2D eigenvalue weighted by atomic mass is 127. The molecule has 0 aliphatic rings. The average Bonchev–Trinajstić information content (AvgIpc) is 3.04. The number of carbonyl (C=O) groups excluding carboxylic acids is 4. The number of nitrogens with two attached hydrogens (primary N) is 2. The number of anilines is 2. The monoisotopic (exact) mass is 1420 g/mol. The van der Waals surface area contributed by atoms with E-state index in [0.29, 0.717) is 35.2 Å². The molecule has 0 heterocycles. The average molecular weight is 1420 g/mol. The van der Waals surface area contributed by atoms with Crippen molar-refractivity contribution in [1.29, 1.82) is 0 Å². The summed E-state index contributed by atoms with van der Waals surface area (Å²) in [5.41, 5.74) is 15.4. The largest absolute Gasteiger partial charge is 0.472 e. The normalized spacial score (nSPS) is 12.7. The third kappa shape index (κ3) is 17.7. The maximum atomic E-state index is 12.7. The van der Waals surface area contributed by atoms with Gasteiger partial charge in [-0.3, -0.25) is 28.2 Å². The van der Waals surface area contributed by atoms with Crippen molar-refractivity contribution < 1.29 is 51.6 Å². The van der Waals surface area contributed by atoms with Crippen LogP contribution < -0.4 is 22.1 Å². The van der Waals surface area contributed by atoms with Crippen molar-refractivity contribution in [2.75, 3.05) is 72.1 Å². The highest BCUT2D eigenvalue weighted by molar-refractivity contribution is 14.1. The Kier molecular flexibility index (Phi) is 21.4. The number of phosphoric acid groups is 1. The van der Waals surface area contributed by atoms with Gasteiger partial charge in [-0.25, -0.2) is 4.57 Å². The first kappa shape index (κ1) is 48.5. The number of nitrogen functional groups attached to an aromatic ring is 2. The summed E-state index contributed by atoms with van der Waals surface area (Å²) in [6, 6.07) is 3.86. The van der Waals surface area contributed by atoms with Crippen molar-refractivity contribution in [1.82, 2.24) is 10.6 Å². The maximum Gasteiger partial charge on any atom is 0.472 e. The Morgan fingerprint density at radius 3 is 1.56 bits per heavy atom. The summed E-state index contributed by atoms with van der Waals surface area (Å²) in [6.07, 6.45) is -0.421. The lowest BCUT2D eigenvalue weighted by molar-refractivity contribution is -0.870. The fraction of sp³-hybridized carbons (Fsp3) is 0.467. The molecule has 0 saturated heterocycles. The second-order valence-corrected chi connectivity index (χ2v) is 20.3. The van der Waals surface area contributed by atoms with E-state index in [1.807, 2.05) is 33.3 Å². The van der Waals surface area contributed by atoms with E-state index in [0.717, 1.165) is 32.5 Å². The van der Waals surface area contributed by atoms with Crippen LogP contribution in [0, 0.1) is 21.4 Å². The zero-order valence-electron chi connectivity index (χ0n) is 28.2. The van der Waals surface area contributed by atoms with Crippen molar-refractivity contribution in [3.63, 3.8) is 0 Å². The zero-order chi connectivity index (χ0) is 39.4. The molecule has 2 aromatic rings. The predicted molar refractivity (Wildman–Crippen MR) is 246 cm³/mol. The highest BCUT2D eigenvalue weighted by Crippen LogP contribution is 2.44. The van der Waals surface area contributed by atoms with Crippen LogP contribution in [0.25, 0.3) is 0 Å². The number of carbonyl (C=O) groups is 4. The standard InChI is InChI=1S/C30H38I6N5O10P/c1-41(2,3)8-9-50-52(46,47)51-16(14-48-25(44)12-39-23(42)6-4-17-19(31)10-21(33)29(37)27(17)35)15-49-26(45)13-40-24(43)7-5-18-20(32)11-22(34)30(38)28(18)36/h10-11,16H,4-9,12-15,37-38H2,1-3H3,(H2-,39,40,42,43,46,47)/p+1. The molecule has 0 radical (unpaired) electrons. The fourth-order valence-electron chi connectivity index (χ4n) is 3.98. The smallest absolute Gasteiger partial charge is 0.461 e. The number of benzene rings is 2. The van der Waals surface area contributed by atoms with Crippen LogP contribution in [-0.4, -0.2) is 99.8 Å². The SMILES string of the molecule is C[N+](C)(C)CCOP(=O)(O)OC(COC(=O)CNC(=O)CCc1c(I)cc(I)c(N)c1I)COC(=O)CNC(=O)CCc1c(I)cc(I)c(N)c1I. The number of quaternary nitrogens is 1. The van der Waals surface area contributed by atoms with Crippen molar-refractivity contribution in [2.24, 2.45) is 0 Å². The van der Waals surface area contributed by atoms with Gasteiger partial charge >= 0.3 is 19.8 Å². The number of halogens is 6. The molecule has 2 amide bonds. The molecule has 1 unspecified atom stereocenters. The number of hydrogen-bond donors (Lipinski definition) is 5. The minimum atomic E-state index is -4.68. The lowest BCUT2D eigenvalue weighted by Gasteiger charge is -2.25. The molecule has 290 valence electrons. The Hall–Kier alpha value is 0.370. The van der Waals surface area contributed by atoms with E-state index in [1.165, 1.54) is 0 Å². The van der Waals surface area contributed by atoms with Gasteiger partial charge in [0.15, 0.2) is 0 Å². The van der Waals surface area contributed by atoms with Gasteiger partial charge in [0.2, 0.25) is 11.8 Å².